The van der Waals surface area contributed by atoms with Crippen LogP contribution >= 0.6 is 15.9 Å². The molecule has 1 fully saturated rings. The highest BCUT2D eigenvalue weighted by atomic mass is 79.9. The fourth-order valence-corrected chi connectivity index (χ4v) is 3.18. The summed E-state index contributed by atoms with van der Waals surface area (Å²) in [6.45, 7) is 3.14. The summed E-state index contributed by atoms with van der Waals surface area (Å²) in [4.78, 5) is 18.3. The first-order valence-electron chi connectivity index (χ1n) is 7.37. The number of hydrogen-bond acceptors (Lipinski definition) is 3. The number of nitrogens with zero attached hydrogens (tertiary/aromatic N) is 2. The number of alkyl halides is 2. The second-order valence-electron chi connectivity index (χ2n) is 5.62. The van der Waals surface area contributed by atoms with Crippen LogP contribution < -0.4 is 10.2 Å². The van der Waals surface area contributed by atoms with E-state index in [1.54, 1.807) is 6.20 Å². The van der Waals surface area contributed by atoms with E-state index in [2.05, 4.69) is 31.1 Å². The third-order valence-electron chi connectivity index (χ3n) is 3.86. The molecule has 1 aromatic rings. The highest BCUT2D eigenvalue weighted by Crippen LogP contribution is 2.27. The first-order valence-corrected chi connectivity index (χ1v) is 8.17. The Balaban J connectivity index is 1.81. The van der Waals surface area contributed by atoms with Gasteiger partial charge in [0.15, 0.2) is 0 Å². The number of anilines is 1. The molecule has 0 atom stereocenters. The number of amides is 1. The van der Waals surface area contributed by atoms with Crippen molar-refractivity contribution in [2.45, 2.75) is 32.6 Å². The zero-order valence-electron chi connectivity index (χ0n) is 12.5. The van der Waals surface area contributed by atoms with Crippen molar-refractivity contribution in [2.75, 3.05) is 24.5 Å². The quantitative estimate of drug-likeness (QED) is 0.859. The predicted molar refractivity (Wildman–Crippen MR) is 85.2 cm³/mol. The molecule has 0 saturated carbocycles. The molecule has 2 heterocycles. The minimum Gasteiger partial charge on any atom is -0.356 e. The zero-order chi connectivity index (χ0) is 16.1. The minimum absolute atomic E-state index is 0.254. The van der Waals surface area contributed by atoms with Crippen molar-refractivity contribution in [3.63, 3.8) is 0 Å². The van der Waals surface area contributed by atoms with Crippen LogP contribution in [0.3, 0.4) is 0 Å². The number of piperidine rings is 1. The first-order chi connectivity index (χ1) is 10.5. The van der Waals surface area contributed by atoms with Gasteiger partial charge in [0, 0.05) is 30.2 Å². The third-order valence-corrected chi connectivity index (χ3v) is 4.29. The van der Waals surface area contributed by atoms with Crippen molar-refractivity contribution in [1.29, 1.82) is 0 Å². The molecular formula is C15H20BrF2N3O. The van der Waals surface area contributed by atoms with E-state index in [1.165, 1.54) is 0 Å². The van der Waals surface area contributed by atoms with E-state index in [0.717, 1.165) is 41.8 Å². The summed E-state index contributed by atoms with van der Waals surface area (Å²) in [5, 5.41) is 2.27. The maximum atomic E-state index is 12.0. The third kappa shape index (κ3) is 4.90. The molecule has 0 radical (unpaired) electrons. The van der Waals surface area contributed by atoms with Gasteiger partial charge in [-0.05, 0) is 53.2 Å². The molecule has 1 N–H and O–H groups in total. The Morgan fingerprint density at radius 2 is 2.18 bits per heavy atom. The molecule has 0 aromatic carbocycles. The summed E-state index contributed by atoms with van der Waals surface area (Å²) in [5.74, 6) is 0.949. The Morgan fingerprint density at radius 1 is 1.50 bits per heavy atom. The molecule has 0 bridgehead atoms. The van der Waals surface area contributed by atoms with Crippen LogP contribution in [-0.2, 0) is 4.79 Å². The standard InChI is InChI=1S/C15H20BrF2N3O/c1-10-6-12(16)8-20-15(10)21-4-2-11(3-5-21)7-14(22)19-9-13(17)18/h6,8,11,13H,2-5,7,9H2,1H3,(H,19,22). The summed E-state index contributed by atoms with van der Waals surface area (Å²) in [6, 6.07) is 2.03. The fraction of sp³-hybridized carbons (Fsp3) is 0.600. The molecule has 0 spiro atoms. The number of carbonyl (C=O) groups excluding carboxylic acids is 1. The SMILES string of the molecule is Cc1cc(Br)cnc1N1CCC(CC(=O)NCC(F)F)CC1. The summed E-state index contributed by atoms with van der Waals surface area (Å²) < 4.78 is 25.1. The van der Waals surface area contributed by atoms with E-state index in [9.17, 15) is 13.6 Å². The van der Waals surface area contributed by atoms with Crippen LogP contribution in [-0.4, -0.2) is 37.0 Å². The van der Waals surface area contributed by atoms with Crippen LogP contribution in [0.25, 0.3) is 0 Å². The van der Waals surface area contributed by atoms with E-state index < -0.39 is 13.0 Å². The fourth-order valence-electron chi connectivity index (χ4n) is 2.74. The number of hydrogen-bond donors (Lipinski definition) is 1. The largest absolute Gasteiger partial charge is 0.356 e. The molecule has 1 aliphatic heterocycles. The van der Waals surface area contributed by atoms with Gasteiger partial charge in [-0.1, -0.05) is 0 Å². The monoisotopic (exact) mass is 375 g/mol. The lowest BCUT2D eigenvalue weighted by molar-refractivity contribution is -0.122. The van der Waals surface area contributed by atoms with Gasteiger partial charge in [0.1, 0.15) is 5.82 Å². The van der Waals surface area contributed by atoms with Crippen LogP contribution in [0.4, 0.5) is 14.6 Å². The lowest BCUT2D eigenvalue weighted by Crippen LogP contribution is -2.37. The van der Waals surface area contributed by atoms with Crippen molar-refractivity contribution >= 4 is 27.7 Å². The molecule has 22 heavy (non-hydrogen) atoms. The van der Waals surface area contributed by atoms with Crippen LogP contribution in [0.2, 0.25) is 0 Å². The van der Waals surface area contributed by atoms with Gasteiger partial charge in [0.05, 0.1) is 6.54 Å². The number of pyridine rings is 1. The van der Waals surface area contributed by atoms with Gasteiger partial charge in [-0.2, -0.15) is 0 Å². The molecule has 0 aliphatic carbocycles. The van der Waals surface area contributed by atoms with Crippen LogP contribution in [0.5, 0.6) is 0 Å². The molecule has 2 rings (SSSR count). The molecule has 122 valence electrons. The topological polar surface area (TPSA) is 45.2 Å². The van der Waals surface area contributed by atoms with E-state index in [1.807, 2.05) is 13.0 Å². The normalized spacial score (nSPS) is 16.1. The van der Waals surface area contributed by atoms with Crippen LogP contribution in [0.15, 0.2) is 16.7 Å². The maximum absolute atomic E-state index is 12.0. The number of rotatable bonds is 5. The second kappa shape index (κ2) is 7.85. The maximum Gasteiger partial charge on any atom is 0.255 e. The number of nitrogens with one attached hydrogen (secondary N) is 1. The number of halogens is 3. The summed E-state index contributed by atoms with van der Waals surface area (Å²) in [5.41, 5.74) is 1.11. The number of aromatic nitrogens is 1. The molecule has 1 saturated heterocycles. The molecule has 4 nitrogen and oxygen atoms in total. The molecule has 7 heteroatoms. The van der Waals surface area contributed by atoms with E-state index in [0.29, 0.717) is 6.42 Å². The van der Waals surface area contributed by atoms with Crippen molar-refractivity contribution in [3.8, 4) is 0 Å². The molecular weight excluding hydrogens is 356 g/mol. The van der Waals surface area contributed by atoms with Crippen LogP contribution in [0, 0.1) is 12.8 Å². The van der Waals surface area contributed by atoms with E-state index in [-0.39, 0.29) is 11.8 Å². The van der Waals surface area contributed by atoms with Gasteiger partial charge in [0.2, 0.25) is 5.91 Å². The van der Waals surface area contributed by atoms with E-state index in [4.69, 9.17) is 0 Å². The Bertz CT molecular complexity index is 520. The predicted octanol–water partition coefficient (Wildman–Crippen LogP) is 3.14. The Kier molecular flexibility index (Phi) is 6.11. The minimum atomic E-state index is -2.49. The highest BCUT2D eigenvalue weighted by molar-refractivity contribution is 9.10. The molecule has 1 aromatic heterocycles. The van der Waals surface area contributed by atoms with Gasteiger partial charge in [-0.25, -0.2) is 13.8 Å². The summed E-state index contributed by atoms with van der Waals surface area (Å²) in [6.07, 6.45) is 1.37. The molecule has 1 aliphatic rings. The Hall–Kier alpha value is -1.24. The van der Waals surface area contributed by atoms with Crippen molar-refractivity contribution in [3.05, 3.63) is 22.3 Å². The zero-order valence-corrected chi connectivity index (χ0v) is 14.1. The van der Waals surface area contributed by atoms with E-state index >= 15 is 0 Å². The summed E-state index contributed by atoms with van der Waals surface area (Å²) >= 11 is 3.40. The average Bonchev–Trinajstić information content (AvgIpc) is 2.46. The lowest BCUT2D eigenvalue weighted by Gasteiger charge is -2.33. The van der Waals surface area contributed by atoms with Crippen molar-refractivity contribution in [2.24, 2.45) is 5.92 Å². The Labute approximate surface area is 137 Å². The van der Waals surface area contributed by atoms with Gasteiger partial charge < -0.3 is 10.2 Å². The lowest BCUT2D eigenvalue weighted by atomic mass is 9.93. The average molecular weight is 376 g/mol. The van der Waals surface area contributed by atoms with Gasteiger partial charge in [-0.3, -0.25) is 4.79 Å². The number of carbonyl (C=O) groups is 1. The Morgan fingerprint density at radius 3 is 2.77 bits per heavy atom. The smallest absolute Gasteiger partial charge is 0.255 e. The first kappa shape index (κ1) is 17.1. The van der Waals surface area contributed by atoms with Crippen LogP contribution in [0.1, 0.15) is 24.8 Å². The van der Waals surface area contributed by atoms with Gasteiger partial charge in [-0.15, -0.1) is 0 Å². The van der Waals surface area contributed by atoms with Gasteiger partial charge >= 0.3 is 0 Å². The number of aryl methyl sites for hydroxylation is 1. The molecule has 1 amide bonds. The highest BCUT2D eigenvalue weighted by Gasteiger charge is 2.23. The van der Waals surface area contributed by atoms with Gasteiger partial charge in [0.25, 0.3) is 6.43 Å². The van der Waals surface area contributed by atoms with Crippen molar-refractivity contribution in [1.82, 2.24) is 10.3 Å². The van der Waals surface area contributed by atoms with Crippen molar-refractivity contribution < 1.29 is 13.6 Å². The molecule has 0 unspecified atom stereocenters. The summed E-state index contributed by atoms with van der Waals surface area (Å²) in [7, 11) is 0. The second-order valence-corrected chi connectivity index (χ2v) is 6.54.